The van der Waals surface area contributed by atoms with Gasteiger partial charge in [0.2, 0.25) is 0 Å². The Morgan fingerprint density at radius 2 is 2.09 bits per heavy atom. The normalized spacial score (nSPS) is 21.1. The number of carbonyl (C=O) groups is 1. The Kier molecular flexibility index (Phi) is 5.46. The van der Waals surface area contributed by atoms with Crippen molar-refractivity contribution in [1.82, 2.24) is 14.5 Å². The number of likely N-dealkylation sites (tertiary alicyclic amines) is 1. The lowest BCUT2D eigenvalue weighted by Gasteiger charge is -2.29. The van der Waals surface area contributed by atoms with Crippen LogP contribution in [0.15, 0.2) is 40.9 Å². The highest BCUT2D eigenvalue weighted by atomic mass is 79.9. The fourth-order valence-corrected chi connectivity index (χ4v) is 5.41. The molecule has 1 saturated heterocycles. The van der Waals surface area contributed by atoms with Crippen molar-refractivity contribution in [3.05, 3.63) is 58.1 Å². The molecule has 9 heteroatoms. The lowest BCUT2D eigenvalue weighted by atomic mass is 9.95. The second-order valence-electron chi connectivity index (χ2n) is 8.84. The number of amides is 1. The molecule has 0 aliphatic carbocycles. The topological polar surface area (TPSA) is 91.4 Å². The number of fused-ring (bicyclic) bond motifs is 3. The van der Waals surface area contributed by atoms with Crippen LogP contribution in [0.25, 0.3) is 22.5 Å². The van der Waals surface area contributed by atoms with Crippen molar-refractivity contribution in [2.45, 2.75) is 38.0 Å². The summed E-state index contributed by atoms with van der Waals surface area (Å²) in [7, 11) is 1.61. The first-order chi connectivity index (χ1) is 16.3. The molecule has 2 atom stereocenters. The zero-order valence-electron chi connectivity index (χ0n) is 18.7. The minimum Gasteiger partial charge on any atom is -0.496 e. The number of nitriles is 1. The second-order valence-corrected chi connectivity index (χ2v) is 9.70. The molecule has 5 rings (SSSR count). The summed E-state index contributed by atoms with van der Waals surface area (Å²) < 4.78 is 21.7. The van der Waals surface area contributed by atoms with Crippen LogP contribution >= 0.6 is 15.9 Å². The monoisotopic (exact) mass is 524 g/mol. The van der Waals surface area contributed by atoms with Crippen LogP contribution in [-0.4, -0.2) is 50.8 Å². The van der Waals surface area contributed by atoms with Gasteiger partial charge in [0.1, 0.15) is 17.1 Å². The van der Waals surface area contributed by atoms with Gasteiger partial charge in [0.15, 0.2) is 5.82 Å². The molecule has 34 heavy (non-hydrogen) atoms. The number of aromatic nitrogens is 2. The number of ether oxygens (including phenoxy) is 1. The van der Waals surface area contributed by atoms with Crippen LogP contribution in [0, 0.1) is 17.1 Å². The van der Waals surface area contributed by atoms with Gasteiger partial charge in [0, 0.05) is 30.6 Å². The van der Waals surface area contributed by atoms with Gasteiger partial charge in [0.05, 0.1) is 35.1 Å². The summed E-state index contributed by atoms with van der Waals surface area (Å²) in [6.45, 7) is 2.22. The van der Waals surface area contributed by atoms with E-state index in [-0.39, 0.29) is 24.6 Å². The SMILES string of the molecule is COc1cc2c(cc1Br)-c1c(-c3ccc(F)cc3)nc(C(=O)N3C[C@@H](O)C[C@]3(C)C#N)n1CC2. The Morgan fingerprint density at radius 1 is 1.35 bits per heavy atom. The fraction of sp³-hybridized carbons (Fsp3) is 0.320. The van der Waals surface area contributed by atoms with E-state index in [4.69, 9.17) is 9.72 Å². The molecule has 0 bridgehead atoms. The first-order valence-corrected chi connectivity index (χ1v) is 11.7. The molecule has 0 unspecified atom stereocenters. The Bertz CT molecular complexity index is 1350. The number of benzene rings is 2. The van der Waals surface area contributed by atoms with Crippen molar-refractivity contribution >= 4 is 21.8 Å². The maximum atomic E-state index is 13.7. The van der Waals surface area contributed by atoms with Crippen LogP contribution in [0.5, 0.6) is 5.75 Å². The molecule has 1 aromatic heterocycles. The highest BCUT2D eigenvalue weighted by Crippen LogP contribution is 2.43. The summed E-state index contributed by atoms with van der Waals surface area (Å²) in [5, 5.41) is 19.9. The van der Waals surface area contributed by atoms with Crippen LogP contribution < -0.4 is 4.74 Å². The van der Waals surface area contributed by atoms with Crippen LogP contribution in [0.3, 0.4) is 0 Å². The second kappa shape index (κ2) is 8.22. The number of halogens is 2. The van der Waals surface area contributed by atoms with E-state index in [2.05, 4.69) is 22.0 Å². The lowest BCUT2D eigenvalue weighted by molar-refractivity contribution is 0.0660. The number of nitrogens with zero attached hydrogens (tertiary/aromatic N) is 4. The van der Waals surface area contributed by atoms with Crippen molar-refractivity contribution in [2.24, 2.45) is 0 Å². The van der Waals surface area contributed by atoms with E-state index < -0.39 is 17.6 Å². The number of aliphatic hydroxyl groups excluding tert-OH is 1. The summed E-state index contributed by atoms with van der Waals surface area (Å²) in [4.78, 5) is 19.9. The maximum Gasteiger partial charge on any atom is 0.291 e. The van der Waals surface area contributed by atoms with Crippen LogP contribution in [0.1, 0.15) is 29.5 Å². The molecule has 3 heterocycles. The Hall–Kier alpha value is -3.22. The number of hydrogen-bond acceptors (Lipinski definition) is 5. The van der Waals surface area contributed by atoms with Gasteiger partial charge < -0.3 is 19.3 Å². The Morgan fingerprint density at radius 3 is 2.76 bits per heavy atom. The molecule has 0 saturated carbocycles. The van der Waals surface area contributed by atoms with E-state index in [0.717, 1.165) is 21.3 Å². The molecule has 0 radical (unpaired) electrons. The van der Waals surface area contributed by atoms with Crippen molar-refractivity contribution in [3.63, 3.8) is 0 Å². The number of methoxy groups -OCH3 is 1. The van der Waals surface area contributed by atoms with Crippen LogP contribution in [0.2, 0.25) is 0 Å². The third-order valence-electron chi connectivity index (χ3n) is 6.62. The predicted molar refractivity (Wildman–Crippen MR) is 127 cm³/mol. The largest absolute Gasteiger partial charge is 0.496 e. The quantitative estimate of drug-likeness (QED) is 0.555. The number of aliphatic hydroxyl groups is 1. The first kappa shape index (κ1) is 22.6. The van der Waals surface area contributed by atoms with Crippen molar-refractivity contribution < 1.29 is 19.0 Å². The van der Waals surface area contributed by atoms with Gasteiger partial charge >= 0.3 is 0 Å². The Labute approximate surface area is 204 Å². The minimum atomic E-state index is -1.12. The zero-order valence-corrected chi connectivity index (χ0v) is 20.3. The first-order valence-electron chi connectivity index (χ1n) is 10.9. The average Bonchev–Trinajstić information content (AvgIpc) is 3.36. The molecule has 0 spiro atoms. The molecule has 1 N–H and O–H groups in total. The van der Waals surface area contributed by atoms with E-state index in [9.17, 15) is 19.6 Å². The molecular formula is C25H22BrFN4O3. The molecule has 174 valence electrons. The zero-order chi connectivity index (χ0) is 24.2. The molecular weight excluding hydrogens is 503 g/mol. The summed E-state index contributed by atoms with van der Waals surface area (Å²) in [6.07, 6.45) is 0.0670. The lowest BCUT2D eigenvalue weighted by Crippen LogP contribution is -2.45. The summed E-state index contributed by atoms with van der Waals surface area (Å²) in [5.41, 5.74) is 2.80. The highest BCUT2D eigenvalue weighted by molar-refractivity contribution is 9.10. The van der Waals surface area contributed by atoms with Crippen LogP contribution in [0.4, 0.5) is 4.39 Å². The van der Waals surface area contributed by atoms with Crippen molar-refractivity contribution in [2.75, 3.05) is 13.7 Å². The number of hydrogen-bond donors (Lipinski definition) is 1. The van der Waals surface area contributed by atoms with E-state index >= 15 is 0 Å². The standard InChI is InChI=1S/C25H22BrFN4O3/c1-25(13-28)11-17(32)12-31(25)24(33)23-29-21(14-3-5-16(27)6-4-14)22-18-10-19(26)20(34-2)9-15(18)7-8-30(22)23/h3-6,9-10,17,32H,7-8,11-12H2,1-2H3/t17-,25+/m0/s1. The third-order valence-corrected chi connectivity index (χ3v) is 7.24. The summed E-state index contributed by atoms with van der Waals surface area (Å²) in [6, 6.07) is 12.1. The van der Waals surface area contributed by atoms with Gasteiger partial charge in [-0.05, 0) is 71.2 Å². The van der Waals surface area contributed by atoms with Gasteiger partial charge in [-0.15, -0.1) is 0 Å². The third kappa shape index (κ3) is 3.49. The molecule has 2 aromatic carbocycles. The molecule has 3 aromatic rings. The smallest absolute Gasteiger partial charge is 0.291 e. The van der Waals surface area contributed by atoms with E-state index in [1.807, 2.05) is 16.7 Å². The molecule has 1 fully saturated rings. The average molecular weight is 525 g/mol. The van der Waals surface area contributed by atoms with Gasteiger partial charge in [0.25, 0.3) is 5.91 Å². The number of aryl methyl sites for hydroxylation is 1. The predicted octanol–water partition coefficient (Wildman–Crippen LogP) is 4.17. The van der Waals surface area contributed by atoms with Crippen molar-refractivity contribution in [1.29, 1.82) is 5.26 Å². The number of rotatable bonds is 3. The molecule has 7 nitrogen and oxygen atoms in total. The van der Waals surface area contributed by atoms with E-state index in [1.165, 1.54) is 17.0 Å². The number of carbonyl (C=O) groups excluding carboxylic acids is 1. The Balaban J connectivity index is 1.71. The number of imidazole rings is 1. The molecule has 1 amide bonds. The molecule has 2 aliphatic heterocycles. The summed E-state index contributed by atoms with van der Waals surface area (Å²) >= 11 is 3.55. The summed E-state index contributed by atoms with van der Waals surface area (Å²) in [5.74, 6) is 0.132. The maximum absolute atomic E-state index is 13.7. The fourth-order valence-electron chi connectivity index (χ4n) is 4.91. The van der Waals surface area contributed by atoms with E-state index in [1.54, 1.807) is 26.2 Å². The van der Waals surface area contributed by atoms with Gasteiger partial charge in [-0.2, -0.15) is 5.26 Å². The van der Waals surface area contributed by atoms with E-state index in [0.29, 0.717) is 30.0 Å². The van der Waals surface area contributed by atoms with Gasteiger partial charge in [-0.1, -0.05) is 0 Å². The van der Waals surface area contributed by atoms with Crippen LogP contribution in [-0.2, 0) is 13.0 Å². The number of β-amino-alcohol motifs (C(OH)–C–C–N with tert-alkyl or cyclic N) is 1. The van der Waals surface area contributed by atoms with Gasteiger partial charge in [-0.25, -0.2) is 9.37 Å². The highest BCUT2D eigenvalue weighted by Gasteiger charge is 2.46. The van der Waals surface area contributed by atoms with Crippen molar-refractivity contribution in [3.8, 4) is 34.3 Å². The van der Waals surface area contributed by atoms with Gasteiger partial charge in [-0.3, -0.25) is 4.79 Å². The minimum absolute atomic E-state index is 0.0658. The molecule has 2 aliphatic rings.